The molecular formula is C15H26N2. The van der Waals surface area contributed by atoms with Crippen LogP contribution in [0.3, 0.4) is 0 Å². The van der Waals surface area contributed by atoms with Crippen LogP contribution in [0.15, 0.2) is 24.3 Å². The molecule has 0 heterocycles. The molecule has 2 N–H and O–H groups in total. The van der Waals surface area contributed by atoms with Crippen LogP contribution in [0, 0.1) is 0 Å². The third kappa shape index (κ3) is 4.39. The number of nitrogens with one attached hydrogen (secondary N) is 2. The van der Waals surface area contributed by atoms with Crippen LogP contribution in [0.1, 0.15) is 52.1 Å². The van der Waals surface area contributed by atoms with Crippen molar-refractivity contribution in [3.05, 3.63) is 29.8 Å². The predicted octanol–water partition coefficient (Wildman–Crippen LogP) is 3.96. The summed E-state index contributed by atoms with van der Waals surface area (Å²) >= 11 is 0. The van der Waals surface area contributed by atoms with Crippen LogP contribution in [-0.4, -0.2) is 12.6 Å². The molecule has 1 rings (SSSR count). The standard InChI is InChI=1S/C15H26N2/c1-5-14(6-2)17-15-10-8-9-13(11-15)12(4)16-7-3/h8-12,14,16-17H,5-7H2,1-4H3. The summed E-state index contributed by atoms with van der Waals surface area (Å²) in [7, 11) is 0. The summed E-state index contributed by atoms with van der Waals surface area (Å²) in [6.07, 6.45) is 2.34. The SMILES string of the molecule is CCNC(C)c1cccc(NC(CC)CC)c1. The van der Waals surface area contributed by atoms with E-state index in [1.807, 2.05) is 0 Å². The Bertz CT molecular complexity index is 318. The second-order valence-corrected chi connectivity index (χ2v) is 4.56. The van der Waals surface area contributed by atoms with Gasteiger partial charge in [-0.25, -0.2) is 0 Å². The molecule has 0 bridgehead atoms. The Morgan fingerprint density at radius 1 is 1.12 bits per heavy atom. The highest BCUT2D eigenvalue weighted by Gasteiger charge is 2.06. The van der Waals surface area contributed by atoms with E-state index in [0.717, 1.165) is 6.54 Å². The van der Waals surface area contributed by atoms with Crippen molar-refractivity contribution < 1.29 is 0 Å². The molecule has 2 nitrogen and oxygen atoms in total. The molecule has 0 aliphatic rings. The van der Waals surface area contributed by atoms with Gasteiger partial charge in [0.05, 0.1) is 0 Å². The second kappa shape index (κ2) is 7.33. The highest BCUT2D eigenvalue weighted by Crippen LogP contribution is 2.18. The first-order valence-corrected chi connectivity index (χ1v) is 6.81. The number of hydrogen-bond donors (Lipinski definition) is 2. The Balaban J connectivity index is 2.71. The van der Waals surface area contributed by atoms with Crippen LogP contribution in [0.25, 0.3) is 0 Å². The van der Waals surface area contributed by atoms with Gasteiger partial charge in [0.2, 0.25) is 0 Å². The Hall–Kier alpha value is -1.02. The Labute approximate surface area is 106 Å². The van der Waals surface area contributed by atoms with Gasteiger partial charge in [-0.1, -0.05) is 32.9 Å². The lowest BCUT2D eigenvalue weighted by Gasteiger charge is -2.18. The van der Waals surface area contributed by atoms with E-state index in [1.54, 1.807) is 0 Å². The smallest absolute Gasteiger partial charge is 0.0345 e. The lowest BCUT2D eigenvalue weighted by Crippen LogP contribution is -2.19. The van der Waals surface area contributed by atoms with Crippen LogP contribution in [0.4, 0.5) is 5.69 Å². The molecule has 0 fully saturated rings. The molecule has 0 aliphatic heterocycles. The van der Waals surface area contributed by atoms with E-state index in [2.05, 4.69) is 62.6 Å². The predicted molar refractivity (Wildman–Crippen MR) is 76.5 cm³/mol. The van der Waals surface area contributed by atoms with E-state index >= 15 is 0 Å². The molecule has 1 atom stereocenters. The zero-order chi connectivity index (χ0) is 12.7. The number of anilines is 1. The molecule has 0 amide bonds. The van der Waals surface area contributed by atoms with Gasteiger partial charge in [-0.2, -0.15) is 0 Å². The fourth-order valence-electron chi connectivity index (χ4n) is 2.05. The lowest BCUT2D eigenvalue weighted by molar-refractivity contribution is 0.598. The largest absolute Gasteiger partial charge is 0.382 e. The van der Waals surface area contributed by atoms with Crippen LogP contribution in [-0.2, 0) is 0 Å². The molecule has 96 valence electrons. The molecule has 0 aromatic heterocycles. The second-order valence-electron chi connectivity index (χ2n) is 4.56. The summed E-state index contributed by atoms with van der Waals surface area (Å²) in [5.74, 6) is 0. The van der Waals surface area contributed by atoms with Gasteiger partial charge < -0.3 is 10.6 Å². The van der Waals surface area contributed by atoms with Crippen molar-refractivity contribution in [1.82, 2.24) is 5.32 Å². The van der Waals surface area contributed by atoms with Gasteiger partial charge in [0.25, 0.3) is 0 Å². The van der Waals surface area contributed by atoms with Gasteiger partial charge in [-0.05, 0) is 44.0 Å². The minimum absolute atomic E-state index is 0.420. The average Bonchev–Trinajstić information content (AvgIpc) is 2.36. The molecule has 2 heteroatoms. The summed E-state index contributed by atoms with van der Waals surface area (Å²) in [4.78, 5) is 0. The summed E-state index contributed by atoms with van der Waals surface area (Å²) in [6, 6.07) is 9.73. The van der Waals surface area contributed by atoms with Gasteiger partial charge in [-0.3, -0.25) is 0 Å². The summed E-state index contributed by atoms with van der Waals surface area (Å²) in [5, 5.41) is 7.03. The minimum Gasteiger partial charge on any atom is -0.382 e. The fraction of sp³-hybridized carbons (Fsp3) is 0.600. The van der Waals surface area contributed by atoms with E-state index in [9.17, 15) is 0 Å². The molecule has 0 saturated carbocycles. The molecule has 0 spiro atoms. The van der Waals surface area contributed by atoms with Crippen molar-refractivity contribution in [1.29, 1.82) is 0 Å². The highest BCUT2D eigenvalue weighted by molar-refractivity contribution is 5.47. The van der Waals surface area contributed by atoms with Crippen molar-refractivity contribution in [2.24, 2.45) is 0 Å². The average molecular weight is 234 g/mol. The molecule has 1 unspecified atom stereocenters. The Kier molecular flexibility index (Phi) is 6.06. The van der Waals surface area contributed by atoms with Crippen molar-refractivity contribution in [3.8, 4) is 0 Å². The Morgan fingerprint density at radius 2 is 1.82 bits per heavy atom. The fourth-order valence-corrected chi connectivity index (χ4v) is 2.05. The van der Waals surface area contributed by atoms with E-state index < -0.39 is 0 Å². The lowest BCUT2D eigenvalue weighted by atomic mass is 10.1. The number of benzene rings is 1. The van der Waals surface area contributed by atoms with Gasteiger partial charge in [0.15, 0.2) is 0 Å². The molecular weight excluding hydrogens is 208 g/mol. The third-order valence-electron chi connectivity index (χ3n) is 3.25. The maximum absolute atomic E-state index is 3.59. The van der Waals surface area contributed by atoms with Crippen LogP contribution < -0.4 is 10.6 Å². The monoisotopic (exact) mass is 234 g/mol. The van der Waals surface area contributed by atoms with Crippen molar-refractivity contribution in [2.75, 3.05) is 11.9 Å². The zero-order valence-corrected chi connectivity index (χ0v) is 11.6. The highest BCUT2D eigenvalue weighted by atomic mass is 14.9. The van der Waals surface area contributed by atoms with Crippen LogP contribution >= 0.6 is 0 Å². The topological polar surface area (TPSA) is 24.1 Å². The first-order chi connectivity index (χ1) is 8.21. The Morgan fingerprint density at radius 3 is 2.41 bits per heavy atom. The van der Waals surface area contributed by atoms with E-state index in [-0.39, 0.29) is 0 Å². The summed E-state index contributed by atoms with van der Waals surface area (Å²) in [6.45, 7) is 9.81. The van der Waals surface area contributed by atoms with E-state index in [4.69, 9.17) is 0 Å². The van der Waals surface area contributed by atoms with Gasteiger partial charge in [0, 0.05) is 17.8 Å². The molecule has 0 radical (unpaired) electrons. The molecule has 1 aromatic rings. The van der Waals surface area contributed by atoms with Crippen molar-refractivity contribution in [2.45, 2.75) is 52.6 Å². The zero-order valence-electron chi connectivity index (χ0n) is 11.6. The summed E-state index contributed by atoms with van der Waals surface area (Å²) < 4.78 is 0. The van der Waals surface area contributed by atoms with Crippen LogP contribution in [0.5, 0.6) is 0 Å². The maximum atomic E-state index is 3.59. The van der Waals surface area contributed by atoms with Crippen LogP contribution in [0.2, 0.25) is 0 Å². The first kappa shape index (κ1) is 14.0. The quantitative estimate of drug-likeness (QED) is 0.746. The maximum Gasteiger partial charge on any atom is 0.0345 e. The normalized spacial score (nSPS) is 12.8. The number of rotatable bonds is 7. The molecule has 0 saturated heterocycles. The first-order valence-electron chi connectivity index (χ1n) is 6.81. The molecule has 1 aromatic carbocycles. The van der Waals surface area contributed by atoms with Gasteiger partial charge in [-0.15, -0.1) is 0 Å². The van der Waals surface area contributed by atoms with E-state index in [0.29, 0.717) is 12.1 Å². The number of hydrogen-bond acceptors (Lipinski definition) is 2. The minimum atomic E-state index is 0.420. The van der Waals surface area contributed by atoms with E-state index in [1.165, 1.54) is 24.1 Å². The van der Waals surface area contributed by atoms with Gasteiger partial charge in [0.1, 0.15) is 0 Å². The third-order valence-corrected chi connectivity index (χ3v) is 3.25. The molecule has 0 aliphatic carbocycles. The van der Waals surface area contributed by atoms with Crippen molar-refractivity contribution in [3.63, 3.8) is 0 Å². The summed E-state index contributed by atoms with van der Waals surface area (Å²) in [5.41, 5.74) is 2.59. The molecule has 17 heavy (non-hydrogen) atoms. The van der Waals surface area contributed by atoms with Gasteiger partial charge >= 0.3 is 0 Å². The van der Waals surface area contributed by atoms with Crippen molar-refractivity contribution >= 4 is 5.69 Å².